The molecule has 3 aromatic rings. The van der Waals surface area contributed by atoms with Crippen molar-refractivity contribution in [2.75, 3.05) is 10.8 Å². The average Bonchev–Trinajstić information content (AvgIpc) is 2.79. The van der Waals surface area contributed by atoms with Crippen LogP contribution in [0, 0.1) is 27.7 Å². The first-order valence-electron chi connectivity index (χ1n) is 11.1. The molecule has 0 bridgehead atoms. The van der Waals surface area contributed by atoms with Gasteiger partial charge in [-0.15, -0.1) is 0 Å². The molecule has 0 saturated heterocycles. The molecule has 1 unspecified atom stereocenters. The minimum absolute atomic E-state index is 0.160. The van der Waals surface area contributed by atoms with E-state index in [1.165, 1.54) is 4.31 Å². The van der Waals surface area contributed by atoms with E-state index in [-0.39, 0.29) is 23.4 Å². The molecule has 174 valence electrons. The van der Waals surface area contributed by atoms with E-state index in [0.717, 1.165) is 27.8 Å². The molecule has 1 N–H and O–H groups in total. The van der Waals surface area contributed by atoms with Crippen LogP contribution >= 0.6 is 0 Å². The summed E-state index contributed by atoms with van der Waals surface area (Å²) in [5.41, 5.74) is 5.40. The lowest BCUT2D eigenvalue weighted by atomic mass is 10.0. The number of benzene rings is 3. The van der Waals surface area contributed by atoms with Gasteiger partial charge in [0.25, 0.3) is 10.0 Å². The number of carbonyl (C=O) groups is 1. The van der Waals surface area contributed by atoms with Crippen LogP contribution in [0.5, 0.6) is 0 Å². The summed E-state index contributed by atoms with van der Waals surface area (Å²) >= 11 is 0. The monoisotopic (exact) mass is 464 g/mol. The second-order valence-corrected chi connectivity index (χ2v) is 10.3. The second-order valence-electron chi connectivity index (χ2n) is 8.48. The number of nitrogens with one attached hydrogen (secondary N) is 1. The maximum atomic E-state index is 13.7. The first-order valence-corrected chi connectivity index (χ1v) is 12.6. The molecular weight excluding hydrogens is 432 g/mol. The molecule has 1 amide bonds. The molecule has 0 aromatic heterocycles. The van der Waals surface area contributed by atoms with Crippen LogP contribution in [0.25, 0.3) is 0 Å². The molecule has 0 aliphatic heterocycles. The number of nitrogens with zero attached hydrogens (tertiary/aromatic N) is 1. The highest BCUT2D eigenvalue weighted by Crippen LogP contribution is 2.29. The Labute approximate surface area is 197 Å². The van der Waals surface area contributed by atoms with Crippen LogP contribution < -0.4 is 9.62 Å². The Kier molecular flexibility index (Phi) is 7.59. The highest BCUT2D eigenvalue weighted by atomic mass is 32.2. The van der Waals surface area contributed by atoms with Crippen molar-refractivity contribution in [2.24, 2.45) is 0 Å². The molecular formula is C27H32N2O3S. The zero-order chi connectivity index (χ0) is 24.2. The van der Waals surface area contributed by atoms with Gasteiger partial charge in [-0.1, -0.05) is 66.6 Å². The molecule has 0 fully saturated rings. The summed E-state index contributed by atoms with van der Waals surface area (Å²) in [6, 6.07) is 20.0. The van der Waals surface area contributed by atoms with Crippen molar-refractivity contribution in [1.29, 1.82) is 0 Å². The standard InChI is InChI=1S/C27H32N2O3S/c1-6-25(23-14-10-19(2)11-15-23)28-27(30)18-29(26-9-7-8-21(4)22(26)5)33(31,32)24-16-12-20(3)13-17-24/h7-17,25H,6,18H2,1-5H3,(H,28,30). The van der Waals surface area contributed by atoms with Crippen LogP contribution in [0.4, 0.5) is 5.69 Å². The minimum Gasteiger partial charge on any atom is -0.348 e. The third-order valence-corrected chi connectivity index (χ3v) is 7.74. The highest BCUT2D eigenvalue weighted by Gasteiger charge is 2.29. The van der Waals surface area contributed by atoms with Gasteiger partial charge in [0.2, 0.25) is 5.91 Å². The Bertz CT molecular complexity index is 1220. The number of rotatable bonds is 8. The maximum absolute atomic E-state index is 13.7. The van der Waals surface area contributed by atoms with Crippen molar-refractivity contribution in [3.63, 3.8) is 0 Å². The summed E-state index contributed by atoms with van der Waals surface area (Å²) in [6.45, 7) is 9.42. The van der Waals surface area contributed by atoms with Crippen molar-refractivity contribution in [3.8, 4) is 0 Å². The predicted octanol–water partition coefficient (Wildman–Crippen LogP) is 5.38. The van der Waals surface area contributed by atoms with Crippen LogP contribution in [-0.4, -0.2) is 20.9 Å². The van der Waals surface area contributed by atoms with Gasteiger partial charge < -0.3 is 5.32 Å². The molecule has 3 rings (SSSR count). The lowest BCUT2D eigenvalue weighted by molar-refractivity contribution is -0.120. The molecule has 0 spiro atoms. The molecule has 0 aliphatic carbocycles. The average molecular weight is 465 g/mol. The van der Waals surface area contributed by atoms with E-state index in [2.05, 4.69) is 5.32 Å². The quantitative estimate of drug-likeness (QED) is 0.486. The molecule has 0 radical (unpaired) electrons. The Morgan fingerprint density at radius 2 is 1.45 bits per heavy atom. The van der Waals surface area contributed by atoms with Crippen molar-refractivity contribution in [1.82, 2.24) is 5.32 Å². The number of sulfonamides is 1. The van der Waals surface area contributed by atoms with E-state index in [0.29, 0.717) is 12.1 Å². The lowest BCUT2D eigenvalue weighted by Crippen LogP contribution is -2.42. The van der Waals surface area contributed by atoms with E-state index in [4.69, 9.17) is 0 Å². The minimum atomic E-state index is -3.95. The molecule has 1 atom stereocenters. The third kappa shape index (κ3) is 5.63. The molecule has 6 heteroatoms. The van der Waals surface area contributed by atoms with Crippen LogP contribution in [0.3, 0.4) is 0 Å². The molecule has 3 aromatic carbocycles. The fourth-order valence-electron chi connectivity index (χ4n) is 3.73. The zero-order valence-electron chi connectivity index (χ0n) is 19.9. The van der Waals surface area contributed by atoms with Crippen LogP contribution in [0.15, 0.2) is 71.6 Å². The summed E-state index contributed by atoms with van der Waals surface area (Å²) in [5, 5.41) is 3.02. The normalized spacial score (nSPS) is 12.3. The maximum Gasteiger partial charge on any atom is 0.264 e. The smallest absolute Gasteiger partial charge is 0.264 e. The number of aryl methyl sites for hydroxylation is 3. The van der Waals surface area contributed by atoms with E-state index in [1.807, 2.05) is 71.0 Å². The molecule has 0 saturated carbocycles. The Balaban J connectivity index is 1.95. The van der Waals surface area contributed by atoms with Crippen molar-refractivity contribution in [2.45, 2.75) is 52.0 Å². The van der Waals surface area contributed by atoms with Gasteiger partial charge in [-0.3, -0.25) is 9.10 Å². The van der Waals surface area contributed by atoms with E-state index in [9.17, 15) is 13.2 Å². The fourth-order valence-corrected chi connectivity index (χ4v) is 5.21. The number of carbonyl (C=O) groups excluding carboxylic acids is 1. The molecule has 0 heterocycles. The van der Waals surface area contributed by atoms with E-state index >= 15 is 0 Å². The zero-order valence-corrected chi connectivity index (χ0v) is 20.7. The van der Waals surface area contributed by atoms with Gasteiger partial charge in [0.15, 0.2) is 0 Å². The first-order chi connectivity index (χ1) is 15.6. The highest BCUT2D eigenvalue weighted by molar-refractivity contribution is 7.92. The Morgan fingerprint density at radius 3 is 2.03 bits per heavy atom. The topological polar surface area (TPSA) is 66.5 Å². The summed E-state index contributed by atoms with van der Waals surface area (Å²) in [7, 11) is -3.95. The molecule has 5 nitrogen and oxygen atoms in total. The van der Waals surface area contributed by atoms with Crippen LogP contribution in [0.1, 0.15) is 47.2 Å². The largest absolute Gasteiger partial charge is 0.348 e. The second kappa shape index (κ2) is 10.2. The van der Waals surface area contributed by atoms with Crippen molar-refractivity contribution >= 4 is 21.6 Å². The van der Waals surface area contributed by atoms with Gasteiger partial charge in [-0.2, -0.15) is 0 Å². The lowest BCUT2D eigenvalue weighted by Gasteiger charge is -2.27. The van der Waals surface area contributed by atoms with E-state index < -0.39 is 10.0 Å². The Hall–Kier alpha value is -3.12. The molecule has 33 heavy (non-hydrogen) atoms. The van der Waals surface area contributed by atoms with E-state index in [1.54, 1.807) is 30.3 Å². The van der Waals surface area contributed by atoms with Crippen LogP contribution in [0.2, 0.25) is 0 Å². The van der Waals surface area contributed by atoms with Gasteiger partial charge >= 0.3 is 0 Å². The SMILES string of the molecule is CCC(NC(=O)CN(c1cccc(C)c1C)S(=O)(=O)c1ccc(C)cc1)c1ccc(C)cc1. The number of anilines is 1. The summed E-state index contributed by atoms with van der Waals surface area (Å²) in [4.78, 5) is 13.3. The van der Waals surface area contributed by atoms with Crippen molar-refractivity contribution in [3.05, 3.63) is 94.5 Å². The third-order valence-electron chi connectivity index (χ3n) is 5.96. The summed E-state index contributed by atoms with van der Waals surface area (Å²) < 4.78 is 28.5. The molecule has 0 aliphatic rings. The predicted molar refractivity (Wildman–Crippen MR) is 134 cm³/mol. The van der Waals surface area contributed by atoms with Crippen molar-refractivity contribution < 1.29 is 13.2 Å². The number of hydrogen-bond donors (Lipinski definition) is 1. The van der Waals surface area contributed by atoms with Gasteiger partial charge in [0.1, 0.15) is 6.54 Å². The van der Waals surface area contributed by atoms with Gasteiger partial charge in [0.05, 0.1) is 16.6 Å². The number of hydrogen-bond acceptors (Lipinski definition) is 3. The summed E-state index contributed by atoms with van der Waals surface area (Å²) in [5.74, 6) is -0.348. The van der Waals surface area contributed by atoms with Crippen LogP contribution in [-0.2, 0) is 14.8 Å². The van der Waals surface area contributed by atoms with Gasteiger partial charge in [-0.05, 0) is 69.0 Å². The fraction of sp³-hybridized carbons (Fsp3) is 0.296. The Morgan fingerprint density at radius 1 is 0.879 bits per heavy atom. The van der Waals surface area contributed by atoms with Gasteiger partial charge in [-0.25, -0.2) is 8.42 Å². The summed E-state index contributed by atoms with van der Waals surface area (Å²) in [6.07, 6.45) is 0.697. The number of amides is 1. The first kappa shape index (κ1) is 24.5. The van der Waals surface area contributed by atoms with Gasteiger partial charge in [0, 0.05) is 0 Å².